The van der Waals surface area contributed by atoms with Crippen LogP contribution in [-0.4, -0.2) is 7.11 Å². The zero-order valence-corrected chi connectivity index (χ0v) is 5.49. The van der Waals surface area contributed by atoms with E-state index in [0.717, 1.165) is 0 Å². The number of hydrogen-bond donors (Lipinski definition) is 0. The van der Waals surface area contributed by atoms with Gasteiger partial charge in [-0.25, -0.2) is 0 Å². The molecule has 0 radical (unpaired) electrons. The van der Waals surface area contributed by atoms with E-state index in [-0.39, 0.29) is 23.9 Å². The predicted molar refractivity (Wildman–Crippen MR) is 37.7 cm³/mol. The standard InChI is InChI=1S/C8H10O/c1-7-3-5-8(9-2)6-4-7/h3-6H,1-2H3/i3D,4D,5D. The smallest absolute Gasteiger partial charge is 0.118 e. The molecule has 1 aromatic carbocycles. The molecule has 0 bridgehead atoms. The van der Waals surface area contributed by atoms with Gasteiger partial charge in [-0.15, -0.1) is 0 Å². The van der Waals surface area contributed by atoms with Gasteiger partial charge in [0.2, 0.25) is 0 Å². The molecule has 0 atom stereocenters. The van der Waals surface area contributed by atoms with E-state index in [1.807, 2.05) is 0 Å². The van der Waals surface area contributed by atoms with Gasteiger partial charge in [-0.3, -0.25) is 0 Å². The second kappa shape index (κ2) is 2.53. The van der Waals surface area contributed by atoms with Crippen LogP contribution in [0, 0.1) is 6.92 Å². The van der Waals surface area contributed by atoms with Gasteiger partial charge < -0.3 is 4.74 Å². The lowest BCUT2D eigenvalue weighted by Crippen LogP contribution is -1.80. The fraction of sp³-hybridized carbons (Fsp3) is 0.250. The third-order valence-electron chi connectivity index (χ3n) is 1.01. The second-order valence-corrected chi connectivity index (χ2v) is 1.73. The summed E-state index contributed by atoms with van der Waals surface area (Å²) >= 11 is 0. The lowest BCUT2D eigenvalue weighted by molar-refractivity contribution is 0.414. The largest absolute Gasteiger partial charge is 0.497 e. The van der Waals surface area contributed by atoms with Crippen LogP contribution in [0.25, 0.3) is 0 Å². The van der Waals surface area contributed by atoms with Gasteiger partial charge in [-0.05, 0) is 19.0 Å². The molecule has 0 spiro atoms. The molecule has 0 saturated carbocycles. The Balaban J connectivity index is 3.39. The van der Waals surface area contributed by atoms with Crippen LogP contribution in [0.5, 0.6) is 5.75 Å². The zero-order valence-electron chi connectivity index (χ0n) is 8.49. The summed E-state index contributed by atoms with van der Waals surface area (Å²) in [4.78, 5) is 0. The molecule has 0 saturated heterocycles. The SMILES string of the molecule is [2H]c1cc(OC)c([2H])c([2H])c1C. The van der Waals surface area contributed by atoms with Crippen LogP contribution in [0.3, 0.4) is 0 Å². The third kappa shape index (κ3) is 1.46. The maximum Gasteiger partial charge on any atom is 0.118 e. The minimum atomic E-state index is 0.0472. The van der Waals surface area contributed by atoms with Crippen LogP contribution in [0.2, 0.25) is 0 Å². The van der Waals surface area contributed by atoms with E-state index < -0.39 is 0 Å². The number of hydrogen-bond acceptors (Lipinski definition) is 1. The first kappa shape index (κ1) is 3.25. The predicted octanol–water partition coefficient (Wildman–Crippen LogP) is 2.00. The molecule has 0 aliphatic carbocycles. The van der Waals surface area contributed by atoms with Gasteiger partial charge in [-0.2, -0.15) is 0 Å². The number of methoxy groups -OCH3 is 1. The van der Waals surface area contributed by atoms with Crippen molar-refractivity contribution in [2.24, 2.45) is 0 Å². The highest BCUT2D eigenvalue weighted by atomic mass is 16.5. The third-order valence-corrected chi connectivity index (χ3v) is 1.01. The summed E-state index contributed by atoms with van der Waals surface area (Å²) < 4.78 is 27.1. The highest BCUT2D eigenvalue weighted by Crippen LogP contribution is 2.09. The van der Waals surface area contributed by atoms with Crippen LogP contribution in [0.1, 0.15) is 9.68 Å². The fourth-order valence-electron chi connectivity index (χ4n) is 0.511. The van der Waals surface area contributed by atoms with Gasteiger partial charge in [0.1, 0.15) is 5.75 Å². The summed E-state index contributed by atoms with van der Waals surface area (Å²) in [6, 6.07) is 1.81. The number of benzene rings is 1. The van der Waals surface area contributed by atoms with E-state index in [1.165, 1.54) is 13.2 Å². The Hall–Kier alpha value is -0.980. The van der Waals surface area contributed by atoms with Gasteiger partial charge in [0.25, 0.3) is 0 Å². The Kier molecular flexibility index (Phi) is 0.916. The van der Waals surface area contributed by atoms with Crippen molar-refractivity contribution in [2.45, 2.75) is 6.92 Å². The summed E-state index contributed by atoms with van der Waals surface area (Å²) in [6.07, 6.45) is 0. The summed E-state index contributed by atoms with van der Waals surface area (Å²) in [7, 11) is 1.43. The molecular weight excluding hydrogens is 112 g/mol. The zero-order chi connectivity index (χ0) is 9.30. The van der Waals surface area contributed by atoms with Crippen LogP contribution in [0.15, 0.2) is 24.2 Å². The Labute approximate surface area is 59.5 Å². The quantitative estimate of drug-likeness (QED) is 0.557. The normalized spacial score (nSPS) is 13.8. The van der Waals surface area contributed by atoms with Crippen molar-refractivity contribution < 1.29 is 8.85 Å². The average Bonchev–Trinajstić information content (AvgIpc) is 2.08. The molecule has 1 aromatic rings. The van der Waals surface area contributed by atoms with Crippen molar-refractivity contribution in [3.8, 4) is 5.75 Å². The highest BCUT2D eigenvalue weighted by Gasteiger charge is 1.85. The molecule has 48 valence electrons. The van der Waals surface area contributed by atoms with E-state index in [0.29, 0.717) is 5.56 Å². The summed E-state index contributed by atoms with van der Waals surface area (Å²) in [5, 5.41) is 0. The van der Waals surface area contributed by atoms with Crippen LogP contribution >= 0.6 is 0 Å². The lowest BCUT2D eigenvalue weighted by atomic mass is 10.2. The van der Waals surface area contributed by atoms with Crippen molar-refractivity contribution in [3.63, 3.8) is 0 Å². The number of rotatable bonds is 1. The highest BCUT2D eigenvalue weighted by molar-refractivity contribution is 5.25. The molecule has 0 amide bonds. The summed E-state index contributed by atoms with van der Waals surface area (Å²) in [6.45, 7) is 1.65. The van der Waals surface area contributed by atoms with Crippen molar-refractivity contribution >= 4 is 0 Å². The van der Waals surface area contributed by atoms with Gasteiger partial charge in [0.15, 0.2) is 0 Å². The average molecular weight is 125 g/mol. The first-order valence-electron chi connectivity index (χ1n) is 4.19. The van der Waals surface area contributed by atoms with Gasteiger partial charge in [0, 0.05) is 0 Å². The molecule has 1 heteroatoms. The first-order chi connectivity index (χ1) is 5.57. The lowest BCUT2D eigenvalue weighted by Gasteiger charge is -1.97. The van der Waals surface area contributed by atoms with Crippen molar-refractivity contribution in [2.75, 3.05) is 7.11 Å². The molecule has 0 fully saturated rings. The van der Waals surface area contributed by atoms with E-state index in [1.54, 1.807) is 6.92 Å². The van der Waals surface area contributed by atoms with E-state index in [9.17, 15) is 0 Å². The van der Waals surface area contributed by atoms with Crippen molar-refractivity contribution in [1.29, 1.82) is 0 Å². The molecule has 0 aromatic heterocycles. The molecule has 0 N–H and O–H groups in total. The molecular formula is C8H10O. The van der Waals surface area contributed by atoms with Crippen LogP contribution < -0.4 is 4.74 Å². The van der Waals surface area contributed by atoms with E-state index >= 15 is 0 Å². The van der Waals surface area contributed by atoms with E-state index in [2.05, 4.69) is 0 Å². The van der Waals surface area contributed by atoms with Gasteiger partial charge >= 0.3 is 0 Å². The maximum atomic E-state index is 7.44. The Bertz CT molecular complexity index is 310. The second-order valence-electron chi connectivity index (χ2n) is 1.73. The van der Waals surface area contributed by atoms with Crippen molar-refractivity contribution in [1.82, 2.24) is 0 Å². The molecule has 1 rings (SSSR count). The van der Waals surface area contributed by atoms with E-state index in [4.69, 9.17) is 8.85 Å². The fourth-order valence-corrected chi connectivity index (χ4v) is 0.511. The maximum absolute atomic E-state index is 7.44. The molecule has 1 nitrogen and oxygen atoms in total. The molecule has 0 aliphatic rings. The van der Waals surface area contributed by atoms with Crippen molar-refractivity contribution in [3.05, 3.63) is 29.8 Å². The number of ether oxygens (including phenoxy) is 1. The summed E-state index contributed by atoms with van der Waals surface area (Å²) in [5.74, 6) is 0.288. The Morgan fingerprint density at radius 2 is 2.22 bits per heavy atom. The molecule has 0 heterocycles. The molecule has 0 unspecified atom stereocenters. The Morgan fingerprint density at radius 1 is 1.44 bits per heavy atom. The van der Waals surface area contributed by atoms with Crippen LogP contribution in [0.4, 0.5) is 0 Å². The van der Waals surface area contributed by atoms with Gasteiger partial charge in [0.05, 0.1) is 11.2 Å². The minimum absolute atomic E-state index is 0.0472. The Morgan fingerprint density at radius 3 is 2.89 bits per heavy atom. The first-order valence-corrected chi connectivity index (χ1v) is 2.69. The van der Waals surface area contributed by atoms with Crippen LogP contribution in [-0.2, 0) is 0 Å². The topological polar surface area (TPSA) is 9.23 Å². The monoisotopic (exact) mass is 125 g/mol. The molecule has 0 aliphatic heterocycles. The molecule has 9 heavy (non-hydrogen) atoms. The van der Waals surface area contributed by atoms with Gasteiger partial charge in [-0.1, -0.05) is 17.6 Å². The summed E-state index contributed by atoms with van der Waals surface area (Å²) in [5.41, 5.74) is 0.515. The minimum Gasteiger partial charge on any atom is -0.497 e.